The summed E-state index contributed by atoms with van der Waals surface area (Å²) in [6.07, 6.45) is 7.74. The summed E-state index contributed by atoms with van der Waals surface area (Å²) in [6, 6.07) is 0.559. The molecule has 1 aromatic rings. The van der Waals surface area contributed by atoms with Crippen molar-refractivity contribution in [3.05, 3.63) is 24.3 Å². The molecule has 4 rings (SSSR count). The second-order valence-corrected chi connectivity index (χ2v) is 6.90. The lowest BCUT2D eigenvalue weighted by atomic mass is 9.88. The zero-order valence-electron chi connectivity index (χ0n) is 13.9. The van der Waals surface area contributed by atoms with Crippen molar-refractivity contribution < 1.29 is 14.3 Å². The van der Waals surface area contributed by atoms with Crippen molar-refractivity contribution in [2.75, 3.05) is 46.0 Å². The first kappa shape index (κ1) is 15.9. The van der Waals surface area contributed by atoms with E-state index in [9.17, 15) is 4.79 Å². The maximum atomic E-state index is 12.6. The van der Waals surface area contributed by atoms with Gasteiger partial charge in [0.1, 0.15) is 5.69 Å². The largest absolute Gasteiger partial charge is 0.380 e. The minimum absolute atomic E-state index is 0.0441. The third kappa shape index (κ3) is 3.16. The summed E-state index contributed by atoms with van der Waals surface area (Å²) in [5.41, 5.74) is 0.210. The lowest BCUT2D eigenvalue weighted by Gasteiger charge is -2.48. The van der Waals surface area contributed by atoms with Crippen LogP contribution in [0.4, 0.5) is 0 Å². The number of nitrogens with zero attached hydrogens (tertiary/aromatic N) is 4. The molecule has 24 heavy (non-hydrogen) atoms. The molecule has 1 atom stereocenters. The van der Waals surface area contributed by atoms with Gasteiger partial charge in [-0.1, -0.05) is 0 Å². The van der Waals surface area contributed by atoms with E-state index in [-0.39, 0.29) is 11.5 Å². The Bertz CT molecular complexity index is 568. The van der Waals surface area contributed by atoms with Crippen LogP contribution in [0.5, 0.6) is 0 Å². The monoisotopic (exact) mass is 332 g/mol. The van der Waals surface area contributed by atoms with Crippen LogP contribution in [-0.2, 0) is 9.47 Å². The van der Waals surface area contributed by atoms with Crippen molar-refractivity contribution in [3.63, 3.8) is 0 Å². The highest BCUT2D eigenvalue weighted by atomic mass is 16.5. The van der Waals surface area contributed by atoms with E-state index in [4.69, 9.17) is 9.47 Å². The van der Waals surface area contributed by atoms with E-state index in [0.29, 0.717) is 31.4 Å². The van der Waals surface area contributed by atoms with Gasteiger partial charge in [0.15, 0.2) is 0 Å². The van der Waals surface area contributed by atoms with Crippen LogP contribution in [-0.4, -0.2) is 83.3 Å². The van der Waals surface area contributed by atoms with Crippen LogP contribution in [0.25, 0.3) is 0 Å². The number of likely N-dealkylation sites (tertiary alicyclic amines) is 1. The fourth-order valence-corrected chi connectivity index (χ4v) is 4.00. The molecule has 1 spiro atoms. The number of carbonyl (C=O) groups is 1. The fraction of sp³-hybridized carbons (Fsp3) is 0.706. The minimum Gasteiger partial charge on any atom is -0.380 e. The molecular weight excluding hydrogens is 308 g/mol. The molecule has 4 heterocycles. The molecule has 0 N–H and O–H groups in total. The molecule has 0 aromatic carbocycles. The van der Waals surface area contributed by atoms with Crippen LogP contribution in [0.1, 0.15) is 29.8 Å². The summed E-state index contributed by atoms with van der Waals surface area (Å²) in [7, 11) is 0. The smallest absolute Gasteiger partial charge is 0.274 e. The Morgan fingerprint density at radius 1 is 1.21 bits per heavy atom. The molecule has 7 heteroatoms. The summed E-state index contributed by atoms with van der Waals surface area (Å²) < 4.78 is 11.7. The average molecular weight is 332 g/mol. The molecule has 0 bridgehead atoms. The van der Waals surface area contributed by atoms with E-state index < -0.39 is 0 Å². The summed E-state index contributed by atoms with van der Waals surface area (Å²) >= 11 is 0. The highest BCUT2D eigenvalue weighted by Gasteiger charge is 2.42. The molecule has 130 valence electrons. The molecule has 1 amide bonds. The number of aromatic nitrogens is 2. The van der Waals surface area contributed by atoms with Gasteiger partial charge in [-0.05, 0) is 19.3 Å². The zero-order chi connectivity index (χ0) is 16.4. The maximum absolute atomic E-state index is 12.6. The van der Waals surface area contributed by atoms with Crippen molar-refractivity contribution in [2.45, 2.75) is 30.9 Å². The van der Waals surface area contributed by atoms with Gasteiger partial charge in [0.05, 0.1) is 31.6 Å². The van der Waals surface area contributed by atoms with Crippen molar-refractivity contribution >= 4 is 5.91 Å². The number of rotatable bonds is 2. The Morgan fingerprint density at radius 2 is 2.08 bits per heavy atom. The van der Waals surface area contributed by atoms with Gasteiger partial charge in [-0.2, -0.15) is 0 Å². The number of amides is 1. The highest BCUT2D eigenvalue weighted by molar-refractivity contribution is 5.92. The maximum Gasteiger partial charge on any atom is 0.274 e. The predicted octanol–water partition coefficient (Wildman–Crippen LogP) is 0.572. The van der Waals surface area contributed by atoms with Crippen LogP contribution in [0.3, 0.4) is 0 Å². The normalized spacial score (nSPS) is 27.5. The highest BCUT2D eigenvalue weighted by Crippen LogP contribution is 2.32. The van der Waals surface area contributed by atoms with Crippen molar-refractivity contribution in [1.82, 2.24) is 19.8 Å². The van der Waals surface area contributed by atoms with Gasteiger partial charge in [0.25, 0.3) is 5.91 Å². The second-order valence-electron chi connectivity index (χ2n) is 6.90. The number of ether oxygens (including phenoxy) is 2. The minimum atomic E-state index is -0.202. The topological polar surface area (TPSA) is 67.8 Å². The van der Waals surface area contributed by atoms with E-state index in [1.54, 1.807) is 12.4 Å². The van der Waals surface area contributed by atoms with Crippen LogP contribution in [0, 0.1) is 0 Å². The SMILES string of the molecule is O=C(c1cnccn1)N1CCOC2(CCN([C@H]3CCOC3)CC2)C1. The molecule has 3 saturated heterocycles. The molecule has 0 radical (unpaired) electrons. The Kier molecular flexibility index (Phi) is 4.47. The van der Waals surface area contributed by atoms with E-state index in [1.165, 1.54) is 6.20 Å². The number of morpholine rings is 1. The van der Waals surface area contributed by atoms with E-state index in [1.807, 2.05) is 4.90 Å². The van der Waals surface area contributed by atoms with Gasteiger partial charge >= 0.3 is 0 Å². The number of hydrogen-bond acceptors (Lipinski definition) is 6. The molecule has 0 unspecified atom stereocenters. The third-order valence-electron chi connectivity index (χ3n) is 5.45. The molecule has 7 nitrogen and oxygen atoms in total. The zero-order valence-corrected chi connectivity index (χ0v) is 13.9. The Morgan fingerprint density at radius 3 is 2.79 bits per heavy atom. The van der Waals surface area contributed by atoms with Crippen LogP contribution >= 0.6 is 0 Å². The van der Waals surface area contributed by atoms with E-state index in [0.717, 1.165) is 45.6 Å². The van der Waals surface area contributed by atoms with Crippen LogP contribution in [0.15, 0.2) is 18.6 Å². The number of carbonyl (C=O) groups excluding carboxylic acids is 1. The van der Waals surface area contributed by atoms with Gasteiger partial charge < -0.3 is 14.4 Å². The summed E-state index contributed by atoms with van der Waals surface area (Å²) in [4.78, 5) is 25.2. The quantitative estimate of drug-likeness (QED) is 0.789. The Labute approximate surface area is 142 Å². The lowest BCUT2D eigenvalue weighted by Crippen LogP contribution is -2.59. The van der Waals surface area contributed by atoms with Crippen molar-refractivity contribution in [1.29, 1.82) is 0 Å². The summed E-state index contributed by atoms with van der Waals surface area (Å²) in [5.74, 6) is -0.0441. The fourth-order valence-electron chi connectivity index (χ4n) is 4.00. The standard InChI is InChI=1S/C17H24N4O3/c22-16(15-11-18-4-5-19-15)21-8-10-24-17(13-21)2-6-20(7-3-17)14-1-9-23-12-14/h4-5,11,14H,1-3,6-10,12-13H2/t14-/m0/s1. The van der Waals surface area contributed by atoms with Gasteiger partial charge in [0, 0.05) is 44.7 Å². The van der Waals surface area contributed by atoms with E-state index >= 15 is 0 Å². The molecule has 1 aromatic heterocycles. The molecule has 3 aliphatic heterocycles. The number of piperidine rings is 1. The van der Waals surface area contributed by atoms with Gasteiger partial charge in [-0.25, -0.2) is 4.98 Å². The van der Waals surface area contributed by atoms with E-state index in [2.05, 4.69) is 14.9 Å². The van der Waals surface area contributed by atoms with Crippen molar-refractivity contribution in [2.24, 2.45) is 0 Å². The lowest BCUT2D eigenvalue weighted by molar-refractivity contribution is -0.130. The summed E-state index contributed by atoms with van der Waals surface area (Å²) in [6.45, 7) is 5.63. The molecule has 3 aliphatic rings. The van der Waals surface area contributed by atoms with Crippen molar-refractivity contribution in [3.8, 4) is 0 Å². The van der Waals surface area contributed by atoms with Crippen LogP contribution < -0.4 is 0 Å². The Balaban J connectivity index is 1.39. The molecule has 0 aliphatic carbocycles. The molecular formula is C17H24N4O3. The first-order valence-corrected chi connectivity index (χ1v) is 8.77. The van der Waals surface area contributed by atoms with Gasteiger partial charge in [-0.3, -0.25) is 14.7 Å². The molecule has 3 fully saturated rings. The van der Waals surface area contributed by atoms with Crippen LogP contribution in [0.2, 0.25) is 0 Å². The first-order chi connectivity index (χ1) is 11.8. The van der Waals surface area contributed by atoms with Gasteiger partial charge in [0.2, 0.25) is 0 Å². The number of hydrogen-bond donors (Lipinski definition) is 0. The Hall–Kier alpha value is -1.57. The van der Waals surface area contributed by atoms with Gasteiger partial charge in [-0.15, -0.1) is 0 Å². The average Bonchev–Trinajstić information content (AvgIpc) is 3.17. The summed E-state index contributed by atoms with van der Waals surface area (Å²) in [5, 5.41) is 0. The third-order valence-corrected chi connectivity index (χ3v) is 5.45. The predicted molar refractivity (Wildman–Crippen MR) is 86.6 cm³/mol. The molecule has 0 saturated carbocycles. The second kappa shape index (κ2) is 6.74. The first-order valence-electron chi connectivity index (χ1n) is 8.77.